The first-order valence-electron chi connectivity index (χ1n) is 5.07. The van der Waals surface area contributed by atoms with Crippen LogP contribution in [0.15, 0.2) is 0 Å². The zero-order valence-corrected chi connectivity index (χ0v) is 9.26. The Morgan fingerprint density at radius 1 is 1.46 bits per heavy atom. The highest BCUT2D eigenvalue weighted by Gasteiger charge is 2.16. The van der Waals surface area contributed by atoms with Crippen molar-refractivity contribution in [3.8, 4) is 0 Å². The second-order valence-electron chi connectivity index (χ2n) is 4.54. The van der Waals surface area contributed by atoms with Crippen LogP contribution in [0.2, 0.25) is 0 Å². The average molecular weight is 186 g/mol. The van der Waals surface area contributed by atoms with E-state index in [4.69, 9.17) is 0 Å². The summed E-state index contributed by atoms with van der Waals surface area (Å²) >= 11 is 0. The molecular weight excluding hydrogens is 164 g/mol. The maximum absolute atomic E-state index is 10.7. The summed E-state index contributed by atoms with van der Waals surface area (Å²) in [5.74, 6) is -0.116. The van der Waals surface area contributed by atoms with Gasteiger partial charge in [0.15, 0.2) is 5.78 Å². The Balaban J connectivity index is 3.62. The van der Waals surface area contributed by atoms with Crippen LogP contribution in [0.25, 0.3) is 0 Å². The fourth-order valence-electron chi connectivity index (χ4n) is 1.15. The Morgan fingerprint density at radius 2 is 2.00 bits per heavy atom. The van der Waals surface area contributed by atoms with Crippen molar-refractivity contribution in [2.75, 3.05) is 0 Å². The van der Waals surface area contributed by atoms with Crippen molar-refractivity contribution >= 4 is 5.78 Å². The quantitative estimate of drug-likeness (QED) is 0.692. The van der Waals surface area contributed by atoms with Gasteiger partial charge < -0.3 is 5.11 Å². The average Bonchev–Trinajstić information content (AvgIpc) is 2.04. The van der Waals surface area contributed by atoms with Crippen molar-refractivity contribution in [3.05, 3.63) is 0 Å². The summed E-state index contributed by atoms with van der Waals surface area (Å²) in [6.07, 6.45) is 3.02. The predicted molar refractivity (Wildman–Crippen MR) is 54.6 cm³/mol. The van der Waals surface area contributed by atoms with Crippen LogP contribution in [0.3, 0.4) is 0 Å². The molecule has 2 heteroatoms. The molecule has 0 saturated heterocycles. The second kappa shape index (κ2) is 5.38. The van der Waals surface area contributed by atoms with Gasteiger partial charge in [0.2, 0.25) is 0 Å². The fourth-order valence-corrected chi connectivity index (χ4v) is 1.15. The van der Waals surface area contributed by atoms with E-state index in [0.29, 0.717) is 11.8 Å². The minimum atomic E-state index is -0.743. The van der Waals surface area contributed by atoms with Crippen LogP contribution in [-0.2, 0) is 4.79 Å². The maximum Gasteiger partial charge on any atom is 0.158 e. The predicted octanol–water partition coefficient (Wildman–Crippen LogP) is 2.54. The first kappa shape index (κ1) is 12.6. The number of aliphatic hydroxyl groups excluding tert-OH is 1. The zero-order valence-electron chi connectivity index (χ0n) is 9.26. The highest BCUT2D eigenvalue weighted by Crippen LogP contribution is 2.26. The van der Waals surface area contributed by atoms with Gasteiger partial charge in [-0.1, -0.05) is 27.2 Å². The number of carbonyl (C=O) groups is 1. The van der Waals surface area contributed by atoms with Crippen molar-refractivity contribution in [1.82, 2.24) is 0 Å². The van der Waals surface area contributed by atoms with E-state index in [1.54, 1.807) is 0 Å². The van der Waals surface area contributed by atoms with Crippen molar-refractivity contribution in [1.29, 1.82) is 0 Å². The number of ketones is 1. The van der Waals surface area contributed by atoms with Gasteiger partial charge in [0.05, 0.1) is 0 Å². The van der Waals surface area contributed by atoms with Crippen LogP contribution in [0.5, 0.6) is 0 Å². The Bertz CT molecular complexity index is 161. The standard InChI is InChI=1S/C11H22O2/c1-5-11(3,4)8-6-7-10(13)9(2)12/h10,13H,5-8H2,1-4H3. The van der Waals surface area contributed by atoms with Gasteiger partial charge >= 0.3 is 0 Å². The third kappa shape index (κ3) is 5.81. The van der Waals surface area contributed by atoms with Crippen LogP contribution in [-0.4, -0.2) is 17.0 Å². The molecule has 0 fully saturated rings. The summed E-state index contributed by atoms with van der Waals surface area (Å²) in [5, 5.41) is 9.25. The van der Waals surface area contributed by atoms with E-state index in [0.717, 1.165) is 19.3 Å². The molecule has 0 aliphatic rings. The minimum Gasteiger partial charge on any atom is -0.385 e. The summed E-state index contributed by atoms with van der Waals surface area (Å²) in [6, 6.07) is 0. The fraction of sp³-hybridized carbons (Fsp3) is 0.909. The van der Waals surface area contributed by atoms with E-state index >= 15 is 0 Å². The second-order valence-corrected chi connectivity index (χ2v) is 4.54. The zero-order chi connectivity index (χ0) is 10.5. The molecule has 0 spiro atoms. The molecule has 0 rings (SSSR count). The summed E-state index contributed by atoms with van der Waals surface area (Å²) in [7, 11) is 0. The lowest BCUT2D eigenvalue weighted by molar-refractivity contribution is -0.125. The van der Waals surface area contributed by atoms with E-state index < -0.39 is 6.10 Å². The first-order chi connectivity index (χ1) is 5.89. The molecule has 0 aromatic rings. The van der Waals surface area contributed by atoms with Gasteiger partial charge in [-0.2, -0.15) is 0 Å². The third-order valence-electron chi connectivity index (χ3n) is 2.76. The van der Waals surface area contributed by atoms with Gasteiger partial charge in [-0.3, -0.25) is 4.79 Å². The molecule has 78 valence electrons. The minimum absolute atomic E-state index is 0.116. The molecule has 0 aliphatic heterocycles. The van der Waals surface area contributed by atoms with Crippen LogP contribution in [0.1, 0.15) is 53.4 Å². The van der Waals surface area contributed by atoms with Crippen molar-refractivity contribution in [3.63, 3.8) is 0 Å². The Labute approximate surface area is 81.3 Å². The summed E-state index contributed by atoms with van der Waals surface area (Å²) in [4.78, 5) is 10.7. The number of hydrogen-bond acceptors (Lipinski definition) is 2. The lowest BCUT2D eigenvalue weighted by atomic mass is 9.84. The van der Waals surface area contributed by atoms with E-state index in [1.165, 1.54) is 6.92 Å². The molecule has 1 atom stereocenters. The maximum atomic E-state index is 10.7. The van der Waals surface area contributed by atoms with Crippen LogP contribution in [0, 0.1) is 5.41 Å². The molecule has 13 heavy (non-hydrogen) atoms. The highest BCUT2D eigenvalue weighted by atomic mass is 16.3. The molecule has 2 nitrogen and oxygen atoms in total. The largest absolute Gasteiger partial charge is 0.385 e. The molecule has 0 radical (unpaired) electrons. The summed E-state index contributed by atoms with van der Waals surface area (Å²) in [6.45, 7) is 8.04. The lowest BCUT2D eigenvalue weighted by Gasteiger charge is -2.22. The summed E-state index contributed by atoms with van der Waals surface area (Å²) in [5.41, 5.74) is 0.344. The van der Waals surface area contributed by atoms with Crippen molar-refractivity contribution in [2.24, 2.45) is 5.41 Å². The first-order valence-corrected chi connectivity index (χ1v) is 5.07. The van der Waals surface area contributed by atoms with Crippen LogP contribution >= 0.6 is 0 Å². The number of hydrogen-bond donors (Lipinski definition) is 1. The molecule has 0 aromatic heterocycles. The number of aliphatic hydroxyl groups is 1. The topological polar surface area (TPSA) is 37.3 Å². The summed E-state index contributed by atoms with van der Waals surface area (Å²) < 4.78 is 0. The molecular formula is C11H22O2. The van der Waals surface area contributed by atoms with Crippen LogP contribution in [0.4, 0.5) is 0 Å². The number of carbonyl (C=O) groups excluding carboxylic acids is 1. The van der Waals surface area contributed by atoms with Gasteiger partial charge in [-0.25, -0.2) is 0 Å². The van der Waals surface area contributed by atoms with Crippen LogP contribution < -0.4 is 0 Å². The molecule has 1 N–H and O–H groups in total. The molecule has 0 aromatic carbocycles. The number of Topliss-reactive ketones (excluding diaryl/α,β-unsaturated/α-hetero) is 1. The Hall–Kier alpha value is -0.370. The Morgan fingerprint density at radius 3 is 2.38 bits per heavy atom. The van der Waals surface area contributed by atoms with Gasteiger partial charge in [0.25, 0.3) is 0 Å². The Kier molecular flexibility index (Phi) is 5.23. The van der Waals surface area contributed by atoms with Gasteiger partial charge in [-0.05, 0) is 31.6 Å². The normalized spacial score (nSPS) is 14.2. The number of rotatable bonds is 6. The monoisotopic (exact) mass is 186 g/mol. The molecule has 0 heterocycles. The van der Waals surface area contributed by atoms with Gasteiger partial charge in [-0.15, -0.1) is 0 Å². The van der Waals surface area contributed by atoms with E-state index in [9.17, 15) is 9.90 Å². The smallest absolute Gasteiger partial charge is 0.158 e. The highest BCUT2D eigenvalue weighted by molar-refractivity contribution is 5.79. The molecule has 0 bridgehead atoms. The van der Waals surface area contributed by atoms with Gasteiger partial charge in [0, 0.05) is 0 Å². The SMILES string of the molecule is CCC(C)(C)CCCC(O)C(C)=O. The van der Waals surface area contributed by atoms with E-state index in [-0.39, 0.29) is 5.78 Å². The van der Waals surface area contributed by atoms with E-state index in [1.807, 2.05) is 0 Å². The van der Waals surface area contributed by atoms with Crippen molar-refractivity contribution in [2.45, 2.75) is 59.5 Å². The van der Waals surface area contributed by atoms with Crippen molar-refractivity contribution < 1.29 is 9.90 Å². The molecule has 1 unspecified atom stereocenters. The van der Waals surface area contributed by atoms with E-state index in [2.05, 4.69) is 20.8 Å². The van der Waals surface area contributed by atoms with Gasteiger partial charge in [0.1, 0.15) is 6.10 Å². The molecule has 0 aliphatic carbocycles. The third-order valence-corrected chi connectivity index (χ3v) is 2.76. The molecule has 0 amide bonds. The lowest BCUT2D eigenvalue weighted by Crippen LogP contribution is -2.18. The molecule has 0 saturated carbocycles.